The summed E-state index contributed by atoms with van der Waals surface area (Å²) in [6.07, 6.45) is 3.31. The van der Waals surface area contributed by atoms with Crippen molar-refractivity contribution in [1.29, 1.82) is 0 Å². The predicted molar refractivity (Wildman–Crippen MR) is 36.1 cm³/mol. The lowest BCUT2D eigenvalue weighted by molar-refractivity contribution is 0.00591. The maximum absolute atomic E-state index is 4.64. The molecule has 0 radical (unpaired) electrons. The smallest absolute Gasteiger partial charge is 0.132 e. The van der Waals surface area contributed by atoms with Gasteiger partial charge in [0, 0.05) is 6.54 Å². The Hall–Kier alpha value is -0.450. The molecular weight excluding hydrogens is 142 g/mol. The lowest BCUT2D eigenvalue weighted by Gasteiger charge is -2.12. The third kappa shape index (κ3) is 2.55. The zero-order chi connectivity index (χ0) is 5.82. The van der Waals surface area contributed by atoms with Gasteiger partial charge < -0.3 is 4.84 Å². The van der Waals surface area contributed by atoms with Gasteiger partial charge in [-0.15, -0.1) is 12.4 Å². The summed E-state index contributed by atoms with van der Waals surface area (Å²) in [5, 5.41) is 1.64. The van der Waals surface area contributed by atoms with Crippen molar-refractivity contribution < 1.29 is 4.84 Å². The summed E-state index contributed by atoms with van der Waals surface area (Å²) in [5.74, 6) is 0. The first-order valence-corrected chi connectivity index (χ1v) is 2.54. The van der Waals surface area contributed by atoms with Crippen molar-refractivity contribution in [3.8, 4) is 0 Å². The summed E-state index contributed by atoms with van der Waals surface area (Å²) in [5.41, 5.74) is 5.52. The zero-order valence-electron chi connectivity index (χ0n) is 5.13. The van der Waals surface area contributed by atoms with Crippen molar-refractivity contribution in [3.63, 3.8) is 0 Å². The van der Waals surface area contributed by atoms with Gasteiger partial charge in [-0.05, 0) is 0 Å². The minimum absolute atomic E-state index is 0. The molecule has 1 aliphatic rings. The van der Waals surface area contributed by atoms with Crippen molar-refractivity contribution in [1.82, 2.24) is 16.1 Å². The van der Waals surface area contributed by atoms with Crippen LogP contribution in [0.5, 0.6) is 0 Å². The number of nitrogens with one attached hydrogen (secondary N) is 2. The van der Waals surface area contributed by atoms with Gasteiger partial charge in [0.25, 0.3) is 0 Å². The van der Waals surface area contributed by atoms with Crippen LogP contribution >= 0.6 is 12.4 Å². The Bertz CT molecular complexity index is 97.8. The van der Waals surface area contributed by atoms with Gasteiger partial charge in [0.15, 0.2) is 0 Å². The van der Waals surface area contributed by atoms with E-state index in [0.29, 0.717) is 0 Å². The van der Waals surface area contributed by atoms with Gasteiger partial charge in [0.1, 0.15) is 6.26 Å². The fraction of sp³-hybridized carbons (Fsp3) is 0.500. The molecule has 54 valence electrons. The van der Waals surface area contributed by atoms with E-state index in [1.54, 1.807) is 17.6 Å². The van der Waals surface area contributed by atoms with Gasteiger partial charge in [0.05, 0.1) is 6.20 Å². The van der Waals surface area contributed by atoms with Crippen LogP contribution in [0.4, 0.5) is 0 Å². The molecule has 0 atom stereocenters. The van der Waals surface area contributed by atoms with Gasteiger partial charge in [-0.2, -0.15) is 0 Å². The molecule has 2 N–H and O–H groups in total. The second-order valence-corrected chi connectivity index (χ2v) is 1.38. The highest BCUT2D eigenvalue weighted by atomic mass is 35.5. The molecule has 0 aliphatic carbocycles. The molecule has 0 aromatic rings. The zero-order valence-corrected chi connectivity index (χ0v) is 5.94. The van der Waals surface area contributed by atoms with Crippen LogP contribution in [0.3, 0.4) is 0 Å². The fourth-order valence-corrected chi connectivity index (χ4v) is 0.464. The van der Waals surface area contributed by atoms with Gasteiger partial charge in [-0.1, -0.05) is 12.5 Å². The van der Waals surface area contributed by atoms with E-state index in [4.69, 9.17) is 0 Å². The largest absolute Gasteiger partial charge is 0.394 e. The molecule has 0 aromatic heterocycles. The summed E-state index contributed by atoms with van der Waals surface area (Å²) in [4.78, 5) is 4.64. The van der Waals surface area contributed by atoms with Crippen LogP contribution in [0, 0.1) is 0 Å². The van der Waals surface area contributed by atoms with Gasteiger partial charge in [-0.3, -0.25) is 0 Å². The molecule has 0 saturated heterocycles. The van der Waals surface area contributed by atoms with Crippen molar-refractivity contribution in [3.05, 3.63) is 12.5 Å². The minimum Gasteiger partial charge on any atom is -0.394 e. The molecular formula is C4H10ClN3O. The molecule has 1 aliphatic heterocycles. The number of hydrogen-bond acceptors (Lipinski definition) is 4. The van der Waals surface area contributed by atoms with E-state index in [0.717, 1.165) is 6.54 Å². The van der Waals surface area contributed by atoms with Gasteiger partial charge in [0.2, 0.25) is 0 Å². The first kappa shape index (κ1) is 8.55. The van der Waals surface area contributed by atoms with E-state index in [-0.39, 0.29) is 12.4 Å². The average Bonchev–Trinajstić information content (AvgIpc) is 2.19. The monoisotopic (exact) mass is 151 g/mol. The summed E-state index contributed by atoms with van der Waals surface area (Å²) in [6, 6.07) is 0. The molecule has 0 unspecified atom stereocenters. The van der Waals surface area contributed by atoms with Crippen LogP contribution in [0.25, 0.3) is 0 Å². The Kier molecular flexibility index (Phi) is 4.21. The van der Waals surface area contributed by atoms with Crippen LogP contribution in [0.15, 0.2) is 12.5 Å². The Morgan fingerprint density at radius 2 is 2.56 bits per heavy atom. The molecule has 0 bridgehead atoms. The number of halogens is 1. The van der Waals surface area contributed by atoms with E-state index in [2.05, 4.69) is 15.9 Å². The quantitative estimate of drug-likeness (QED) is 0.590. The van der Waals surface area contributed by atoms with Crippen LogP contribution in [-0.4, -0.2) is 11.7 Å². The van der Waals surface area contributed by atoms with Gasteiger partial charge in [-0.25, -0.2) is 10.5 Å². The predicted octanol–water partition coefficient (Wildman–Crippen LogP) is 0.156. The molecule has 4 nitrogen and oxygen atoms in total. The van der Waals surface area contributed by atoms with Crippen molar-refractivity contribution >= 4 is 12.4 Å². The third-order valence-corrected chi connectivity index (χ3v) is 0.757. The lowest BCUT2D eigenvalue weighted by atomic mass is 10.8. The fourth-order valence-electron chi connectivity index (χ4n) is 0.464. The maximum Gasteiger partial charge on any atom is 0.132 e. The van der Waals surface area contributed by atoms with Crippen molar-refractivity contribution in [2.75, 3.05) is 6.54 Å². The van der Waals surface area contributed by atoms with Gasteiger partial charge >= 0.3 is 0 Å². The van der Waals surface area contributed by atoms with Crippen molar-refractivity contribution in [2.45, 2.75) is 6.92 Å². The second-order valence-electron chi connectivity index (χ2n) is 1.38. The molecule has 0 spiro atoms. The lowest BCUT2D eigenvalue weighted by Crippen LogP contribution is -2.39. The van der Waals surface area contributed by atoms with Crippen LogP contribution in [0.2, 0.25) is 0 Å². The highest BCUT2D eigenvalue weighted by molar-refractivity contribution is 5.85. The van der Waals surface area contributed by atoms with E-state index >= 15 is 0 Å². The topological polar surface area (TPSA) is 36.5 Å². The number of hydrogen-bond donors (Lipinski definition) is 2. The summed E-state index contributed by atoms with van der Waals surface area (Å²) in [6.45, 7) is 2.88. The first-order valence-electron chi connectivity index (χ1n) is 2.54. The highest BCUT2D eigenvalue weighted by Crippen LogP contribution is 1.87. The maximum atomic E-state index is 4.64. The Balaban J connectivity index is 0.000000640. The first-order chi connectivity index (χ1) is 3.93. The number of rotatable bonds is 2. The van der Waals surface area contributed by atoms with E-state index in [9.17, 15) is 0 Å². The molecule has 0 amide bonds. The molecule has 9 heavy (non-hydrogen) atoms. The molecule has 1 heterocycles. The van der Waals surface area contributed by atoms with Crippen LogP contribution in [-0.2, 0) is 4.84 Å². The molecule has 0 saturated carbocycles. The van der Waals surface area contributed by atoms with E-state index in [1.165, 1.54) is 0 Å². The molecule has 1 rings (SSSR count). The SMILES string of the molecule is CCNN1C=CON1.Cl. The molecule has 0 aromatic carbocycles. The standard InChI is InChI=1S/C4H9N3O.ClH/c1-2-5-7-3-4-8-6-7;/h3-6H,2H2,1H3;1H. The number of nitrogens with zero attached hydrogens (tertiary/aromatic N) is 1. The average molecular weight is 152 g/mol. The Morgan fingerprint density at radius 3 is 3.00 bits per heavy atom. The Morgan fingerprint density at radius 1 is 1.78 bits per heavy atom. The minimum atomic E-state index is 0. The normalized spacial score (nSPS) is 15.0. The number of hydrazine groups is 2. The third-order valence-electron chi connectivity index (χ3n) is 0.757. The van der Waals surface area contributed by atoms with Crippen LogP contribution < -0.4 is 11.0 Å². The molecule has 5 heteroatoms. The summed E-state index contributed by atoms with van der Waals surface area (Å²) in [7, 11) is 0. The summed E-state index contributed by atoms with van der Waals surface area (Å²) >= 11 is 0. The van der Waals surface area contributed by atoms with Crippen LogP contribution in [0.1, 0.15) is 6.92 Å². The van der Waals surface area contributed by atoms with E-state index in [1.807, 2.05) is 6.92 Å². The Labute approximate surface area is 60.2 Å². The van der Waals surface area contributed by atoms with E-state index < -0.39 is 0 Å². The van der Waals surface area contributed by atoms with Crippen molar-refractivity contribution in [2.24, 2.45) is 0 Å². The molecule has 0 fully saturated rings. The summed E-state index contributed by atoms with van der Waals surface area (Å²) < 4.78 is 0. The highest BCUT2D eigenvalue weighted by Gasteiger charge is 1.98. The second kappa shape index (κ2) is 4.43.